The third-order valence-corrected chi connectivity index (χ3v) is 4.28. The topological polar surface area (TPSA) is 30.7 Å². The van der Waals surface area contributed by atoms with Gasteiger partial charge in [-0.05, 0) is 17.7 Å². The van der Waals surface area contributed by atoms with Crippen LogP contribution in [0.5, 0.6) is 0 Å². The Hall–Kier alpha value is -1.99. The molecule has 3 rings (SSSR count). The summed E-state index contributed by atoms with van der Waals surface area (Å²) in [4.78, 5) is 0. The number of hydrogen-bond donors (Lipinski definition) is 0. The summed E-state index contributed by atoms with van der Waals surface area (Å²) in [5.41, 5.74) is -2.87. The van der Waals surface area contributed by atoms with E-state index in [0.717, 1.165) is 5.56 Å². The van der Waals surface area contributed by atoms with Crippen LogP contribution in [-0.2, 0) is 6.54 Å². The van der Waals surface area contributed by atoms with Crippen molar-refractivity contribution in [3.63, 3.8) is 0 Å². The Balaban J connectivity index is 2.01. The van der Waals surface area contributed by atoms with Crippen LogP contribution in [0.25, 0.3) is 11.3 Å². The van der Waals surface area contributed by atoms with E-state index in [4.69, 9.17) is 11.6 Å². The fourth-order valence-corrected chi connectivity index (χ4v) is 2.97. The summed E-state index contributed by atoms with van der Waals surface area (Å²) < 4.78 is 40.2. The zero-order valence-electron chi connectivity index (χ0n) is 12.2. The van der Waals surface area contributed by atoms with Crippen molar-refractivity contribution >= 4 is 23.4 Å². The van der Waals surface area contributed by atoms with E-state index < -0.39 is 5.51 Å². The first-order valence-electron chi connectivity index (χ1n) is 6.91. The molecule has 24 heavy (non-hydrogen) atoms. The van der Waals surface area contributed by atoms with Crippen LogP contribution in [0.4, 0.5) is 13.2 Å². The van der Waals surface area contributed by atoms with E-state index in [1.54, 1.807) is 24.3 Å². The van der Waals surface area contributed by atoms with Crippen LogP contribution in [0.3, 0.4) is 0 Å². The van der Waals surface area contributed by atoms with Gasteiger partial charge in [-0.1, -0.05) is 59.3 Å². The number of aromatic nitrogens is 3. The van der Waals surface area contributed by atoms with Gasteiger partial charge in [-0.3, -0.25) is 0 Å². The molecule has 0 atom stereocenters. The molecule has 0 fully saturated rings. The zero-order valence-corrected chi connectivity index (χ0v) is 13.7. The predicted octanol–water partition coefficient (Wildman–Crippen LogP) is 5.26. The summed E-state index contributed by atoms with van der Waals surface area (Å²) in [5, 5.41) is 8.31. The van der Waals surface area contributed by atoms with Crippen molar-refractivity contribution in [3.8, 4) is 11.3 Å². The van der Waals surface area contributed by atoms with Gasteiger partial charge in [0.1, 0.15) is 10.7 Å². The van der Waals surface area contributed by atoms with Crippen LogP contribution in [0.2, 0.25) is 5.02 Å². The molecule has 0 unspecified atom stereocenters. The highest BCUT2D eigenvalue weighted by molar-refractivity contribution is 8.00. The molecular formula is C16H11ClF3N3S. The van der Waals surface area contributed by atoms with E-state index in [2.05, 4.69) is 10.3 Å². The highest BCUT2D eigenvalue weighted by atomic mass is 35.5. The molecule has 0 N–H and O–H groups in total. The first-order chi connectivity index (χ1) is 11.4. The van der Waals surface area contributed by atoms with E-state index in [0.29, 0.717) is 10.6 Å². The summed E-state index contributed by atoms with van der Waals surface area (Å²) >= 11 is 5.62. The van der Waals surface area contributed by atoms with E-state index in [1.165, 1.54) is 4.68 Å². The maximum Gasteiger partial charge on any atom is 0.447 e. The van der Waals surface area contributed by atoms with Crippen molar-refractivity contribution in [2.75, 3.05) is 0 Å². The van der Waals surface area contributed by atoms with Crippen LogP contribution >= 0.6 is 23.4 Å². The second-order valence-corrected chi connectivity index (χ2v) is 6.43. The number of benzene rings is 2. The molecule has 0 amide bonds. The molecule has 3 nitrogen and oxygen atoms in total. The lowest BCUT2D eigenvalue weighted by Crippen LogP contribution is -2.08. The van der Waals surface area contributed by atoms with Crippen LogP contribution in [0.15, 0.2) is 59.6 Å². The molecule has 0 aliphatic rings. The van der Waals surface area contributed by atoms with Crippen molar-refractivity contribution in [2.24, 2.45) is 0 Å². The molecule has 8 heteroatoms. The molecule has 0 spiro atoms. The molecule has 0 saturated carbocycles. The van der Waals surface area contributed by atoms with E-state index in [-0.39, 0.29) is 29.0 Å². The Morgan fingerprint density at radius 3 is 2.29 bits per heavy atom. The van der Waals surface area contributed by atoms with Gasteiger partial charge in [0.2, 0.25) is 0 Å². The van der Waals surface area contributed by atoms with Crippen molar-refractivity contribution in [2.45, 2.75) is 17.1 Å². The molecular weight excluding hydrogens is 359 g/mol. The average molecular weight is 370 g/mol. The highest BCUT2D eigenvalue weighted by Crippen LogP contribution is 2.41. The lowest BCUT2D eigenvalue weighted by molar-refractivity contribution is -0.0330. The monoisotopic (exact) mass is 369 g/mol. The molecule has 3 aromatic rings. The van der Waals surface area contributed by atoms with Gasteiger partial charge in [0.05, 0.1) is 6.54 Å². The maximum atomic E-state index is 13.0. The normalized spacial score (nSPS) is 11.7. The standard InChI is InChI=1S/C16H11ClF3N3S/c17-13-8-6-12(7-9-13)14-15(24-16(18,19)20)23(22-21-14)10-11-4-2-1-3-5-11/h1-9H,10H2. The van der Waals surface area contributed by atoms with Gasteiger partial charge in [0.15, 0.2) is 0 Å². The summed E-state index contributed by atoms with van der Waals surface area (Å²) in [7, 11) is 0. The summed E-state index contributed by atoms with van der Waals surface area (Å²) in [6.07, 6.45) is 0. The number of alkyl halides is 3. The van der Waals surface area contributed by atoms with Gasteiger partial charge < -0.3 is 0 Å². The minimum atomic E-state index is -4.43. The van der Waals surface area contributed by atoms with Crippen LogP contribution < -0.4 is 0 Å². The second kappa shape index (κ2) is 6.86. The van der Waals surface area contributed by atoms with Crippen molar-refractivity contribution in [1.29, 1.82) is 0 Å². The number of thioether (sulfide) groups is 1. The minimum Gasteiger partial charge on any atom is -0.233 e. The molecule has 1 aromatic heterocycles. The Labute approximate surface area is 145 Å². The fourth-order valence-electron chi connectivity index (χ4n) is 2.16. The van der Waals surface area contributed by atoms with Crippen LogP contribution in [-0.4, -0.2) is 20.5 Å². The lowest BCUT2D eigenvalue weighted by atomic mass is 10.2. The lowest BCUT2D eigenvalue weighted by Gasteiger charge is -2.10. The van der Waals surface area contributed by atoms with E-state index in [1.807, 2.05) is 30.3 Å². The van der Waals surface area contributed by atoms with E-state index in [9.17, 15) is 13.2 Å². The Morgan fingerprint density at radius 1 is 1.00 bits per heavy atom. The Kier molecular flexibility index (Phi) is 4.82. The summed E-state index contributed by atoms with van der Waals surface area (Å²) in [6.45, 7) is 0.208. The van der Waals surface area contributed by atoms with Crippen molar-refractivity contribution in [3.05, 3.63) is 65.2 Å². The minimum absolute atomic E-state index is 0.0475. The number of nitrogens with zero attached hydrogens (tertiary/aromatic N) is 3. The third-order valence-electron chi connectivity index (χ3n) is 3.19. The molecule has 0 aliphatic heterocycles. The number of halogens is 4. The Bertz CT molecular complexity index is 817. The molecule has 0 bridgehead atoms. The predicted molar refractivity (Wildman–Crippen MR) is 87.9 cm³/mol. The molecule has 0 saturated heterocycles. The maximum absolute atomic E-state index is 13.0. The van der Waals surface area contributed by atoms with Crippen LogP contribution in [0.1, 0.15) is 5.56 Å². The Morgan fingerprint density at radius 2 is 1.67 bits per heavy atom. The van der Waals surface area contributed by atoms with Gasteiger partial charge in [-0.15, -0.1) is 5.10 Å². The smallest absolute Gasteiger partial charge is 0.233 e. The first-order valence-corrected chi connectivity index (χ1v) is 8.11. The van der Waals surface area contributed by atoms with Gasteiger partial charge in [0, 0.05) is 22.3 Å². The largest absolute Gasteiger partial charge is 0.447 e. The SMILES string of the molecule is FC(F)(F)Sc1c(-c2ccc(Cl)cc2)nnn1Cc1ccccc1. The summed E-state index contributed by atoms with van der Waals surface area (Å²) in [6, 6.07) is 15.6. The zero-order chi connectivity index (χ0) is 17.2. The molecule has 2 aromatic carbocycles. The van der Waals surface area contributed by atoms with Gasteiger partial charge in [-0.2, -0.15) is 13.2 Å². The molecule has 0 radical (unpaired) electrons. The van der Waals surface area contributed by atoms with Gasteiger partial charge in [0.25, 0.3) is 0 Å². The number of rotatable bonds is 4. The van der Waals surface area contributed by atoms with Gasteiger partial charge >= 0.3 is 5.51 Å². The van der Waals surface area contributed by atoms with Crippen molar-refractivity contribution < 1.29 is 13.2 Å². The first kappa shape index (κ1) is 16.9. The fraction of sp³-hybridized carbons (Fsp3) is 0.125. The van der Waals surface area contributed by atoms with Gasteiger partial charge in [-0.25, -0.2) is 4.68 Å². The van der Waals surface area contributed by atoms with Crippen molar-refractivity contribution in [1.82, 2.24) is 15.0 Å². The molecule has 1 heterocycles. The van der Waals surface area contributed by atoms with Crippen LogP contribution in [0, 0.1) is 0 Å². The van der Waals surface area contributed by atoms with E-state index >= 15 is 0 Å². The quantitative estimate of drug-likeness (QED) is 0.588. The highest BCUT2D eigenvalue weighted by Gasteiger charge is 2.33. The molecule has 124 valence electrons. The summed E-state index contributed by atoms with van der Waals surface area (Å²) in [5.74, 6) is 0. The third kappa shape index (κ3) is 4.10. The average Bonchev–Trinajstić information content (AvgIpc) is 2.90. The number of hydrogen-bond acceptors (Lipinski definition) is 3. The second-order valence-electron chi connectivity index (χ2n) is 4.94. The molecule has 0 aliphatic carbocycles.